The van der Waals surface area contributed by atoms with Gasteiger partial charge in [0.1, 0.15) is 0 Å². The number of esters is 1. The highest BCUT2D eigenvalue weighted by Crippen LogP contribution is 2.39. The number of halogens is 1. The molecule has 0 heterocycles. The van der Waals surface area contributed by atoms with Gasteiger partial charge in [-0.1, -0.05) is 26.2 Å². The normalized spacial score (nSPS) is 16.9. The maximum absolute atomic E-state index is 12.1. The van der Waals surface area contributed by atoms with Gasteiger partial charge in [0.2, 0.25) is 0 Å². The Labute approximate surface area is 127 Å². The van der Waals surface area contributed by atoms with Crippen molar-refractivity contribution in [3.05, 3.63) is 0 Å². The highest BCUT2D eigenvalue weighted by molar-refractivity contribution is 5.85. The van der Waals surface area contributed by atoms with E-state index in [0.29, 0.717) is 13.2 Å². The molecule has 0 aliphatic heterocycles. The van der Waals surface area contributed by atoms with Crippen LogP contribution in [0, 0.1) is 5.41 Å². The van der Waals surface area contributed by atoms with Crippen LogP contribution in [0.2, 0.25) is 0 Å². The second-order valence-electron chi connectivity index (χ2n) is 5.03. The second-order valence-corrected chi connectivity index (χ2v) is 5.03. The monoisotopic (exact) mass is 307 g/mol. The Kier molecular flexibility index (Phi) is 9.59. The Morgan fingerprint density at radius 2 is 1.80 bits per heavy atom. The molecule has 0 spiro atoms. The predicted octanol–water partition coefficient (Wildman–Crippen LogP) is 2.77. The molecule has 1 N–H and O–H groups in total. The van der Waals surface area contributed by atoms with Gasteiger partial charge in [-0.3, -0.25) is 4.79 Å². The number of ether oxygens (including phenoxy) is 1. The van der Waals surface area contributed by atoms with Crippen LogP contribution in [0.4, 0.5) is 0 Å². The van der Waals surface area contributed by atoms with Crippen molar-refractivity contribution in [2.75, 3.05) is 13.2 Å². The molecule has 0 bridgehead atoms. The number of hydrogen-bond acceptors (Lipinski definition) is 5. The van der Waals surface area contributed by atoms with Crippen LogP contribution in [0.25, 0.3) is 0 Å². The molecule has 0 saturated heterocycles. The van der Waals surface area contributed by atoms with E-state index in [1.54, 1.807) is 6.92 Å². The number of hydroxylamine groups is 1. The van der Waals surface area contributed by atoms with E-state index < -0.39 is 0 Å². The summed E-state index contributed by atoms with van der Waals surface area (Å²) in [5, 5.41) is 0. The topological polar surface area (TPSA) is 64.6 Å². The van der Waals surface area contributed by atoms with Crippen molar-refractivity contribution < 1.29 is 19.2 Å². The zero-order chi connectivity index (χ0) is 14.1. The van der Waals surface area contributed by atoms with Gasteiger partial charge >= 0.3 is 11.9 Å². The van der Waals surface area contributed by atoms with E-state index >= 15 is 0 Å². The van der Waals surface area contributed by atoms with E-state index in [-0.39, 0.29) is 36.2 Å². The van der Waals surface area contributed by atoms with Crippen LogP contribution in [0.3, 0.4) is 0 Å². The molecule has 118 valence electrons. The zero-order valence-electron chi connectivity index (χ0n) is 12.4. The zero-order valence-corrected chi connectivity index (χ0v) is 13.2. The molecule has 0 radical (unpaired) electrons. The van der Waals surface area contributed by atoms with Crippen LogP contribution in [-0.4, -0.2) is 25.1 Å². The maximum Gasteiger partial charge on any atom is 0.330 e. The SMILES string of the molecule is CCOC(=O)CCNOC(=O)C1(CC)CCCCC1.Cl. The molecule has 6 heteroatoms. The van der Waals surface area contributed by atoms with E-state index in [0.717, 1.165) is 32.1 Å². The summed E-state index contributed by atoms with van der Waals surface area (Å²) in [5.74, 6) is -0.465. The first-order valence-electron chi connectivity index (χ1n) is 7.24. The third-order valence-electron chi connectivity index (χ3n) is 3.82. The molecule has 1 saturated carbocycles. The molecule has 0 atom stereocenters. The lowest BCUT2D eigenvalue weighted by Crippen LogP contribution is -2.38. The van der Waals surface area contributed by atoms with Crippen molar-refractivity contribution in [2.45, 2.75) is 58.8 Å². The van der Waals surface area contributed by atoms with Gasteiger partial charge in [-0.2, -0.15) is 5.48 Å². The first kappa shape index (κ1) is 19.2. The molecule has 0 unspecified atom stereocenters. The summed E-state index contributed by atoms with van der Waals surface area (Å²) >= 11 is 0. The fraction of sp³-hybridized carbons (Fsp3) is 0.857. The highest BCUT2D eigenvalue weighted by Gasteiger charge is 2.39. The molecule has 0 aromatic heterocycles. The molecule has 20 heavy (non-hydrogen) atoms. The largest absolute Gasteiger partial charge is 0.466 e. The molecular weight excluding hydrogens is 282 g/mol. The Hall–Kier alpha value is -0.810. The molecular formula is C14H26ClNO4. The summed E-state index contributed by atoms with van der Waals surface area (Å²) < 4.78 is 4.79. The van der Waals surface area contributed by atoms with Gasteiger partial charge in [-0.15, -0.1) is 12.4 Å². The van der Waals surface area contributed by atoms with E-state index in [2.05, 4.69) is 5.48 Å². The third kappa shape index (κ3) is 5.67. The van der Waals surface area contributed by atoms with Crippen LogP contribution in [0.1, 0.15) is 58.8 Å². The lowest BCUT2D eigenvalue weighted by Gasteiger charge is -2.33. The van der Waals surface area contributed by atoms with Gasteiger partial charge in [0.25, 0.3) is 0 Å². The first-order valence-corrected chi connectivity index (χ1v) is 7.24. The lowest BCUT2D eigenvalue weighted by molar-refractivity contribution is -0.167. The average Bonchev–Trinajstić information content (AvgIpc) is 2.44. The number of rotatable bonds is 7. The van der Waals surface area contributed by atoms with Gasteiger partial charge in [0.15, 0.2) is 0 Å². The summed E-state index contributed by atoms with van der Waals surface area (Å²) in [4.78, 5) is 28.3. The van der Waals surface area contributed by atoms with Crippen molar-refractivity contribution in [3.63, 3.8) is 0 Å². The third-order valence-corrected chi connectivity index (χ3v) is 3.82. The first-order chi connectivity index (χ1) is 9.14. The smallest absolute Gasteiger partial charge is 0.330 e. The molecule has 1 aliphatic rings. The fourth-order valence-corrected chi connectivity index (χ4v) is 2.54. The molecule has 0 aromatic carbocycles. The van der Waals surface area contributed by atoms with Crippen LogP contribution in [0.15, 0.2) is 0 Å². The van der Waals surface area contributed by atoms with Gasteiger partial charge in [0.05, 0.1) is 18.4 Å². The van der Waals surface area contributed by atoms with Crippen molar-refractivity contribution >= 4 is 24.3 Å². The number of carbonyl (C=O) groups excluding carboxylic acids is 2. The summed E-state index contributed by atoms with van der Waals surface area (Å²) in [6.45, 7) is 4.46. The average molecular weight is 308 g/mol. The second kappa shape index (κ2) is 10.00. The molecule has 0 amide bonds. The van der Waals surface area contributed by atoms with E-state index in [9.17, 15) is 9.59 Å². The number of carbonyl (C=O) groups is 2. The van der Waals surface area contributed by atoms with Gasteiger partial charge in [0, 0.05) is 6.54 Å². The maximum atomic E-state index is 12.1. The van der Waals surface area contributed by atoms with Crippen molar-refractivity contribution in [1.29, 1.82) is 0 Å². The van der Waals surface area contributed by atoms with Crippen LogP contribution in [0.5, 0.6) is 0 Å². The van der Waals surface area contributed by atoms with Crippen LogP contribution >= 0.6 is 12.4 Å². The van der Waals surface area contributed by atoms with E-state index in [1.165, 1.54) is 6.42 Å². The summed E-state index contributed by atoms with van der Waals surface area (Å²) in [5.41, 5.74) is 2.26. The number of hydrogen-bond donors (Lipinski definition) is 1. The number of nitrogens with one attached hydrogen (secondary N) is 1. The molecule has 0 aromatic rings. The molecule has 1 fully saturated rings. The predicted molar refractivity (Wildman–Crippen MR) is 78.4 cm³/mol. The lowest BCUT2D eigenvalue weighted by atomic mass is 9.72. The highest BCUT2D eigenvalue weighted by atomic mass is 35.5. The minimum absolute atomic E-state index is 0. The standard InChI is InChI=1S/C14H25NO4.ClH/c1-3-14(9-6-5-7-10-14)13(17)19-15-11-8-12(16)18-4-2;/h15H,3-11H2,1-2H3;1H. The summed E-state index contributed by atoms with van der Waals surface area (Å²) in [6, 6.07) is 0. The molecule has 1 rings (SSSR count). The van der Waals surface area contributed by atoms with E-state index in [1.807, 2.05) is 6.92 Å². The Balaban J connectivity index is 0.00000361. The Bertz CT molecular complexity index is 304. The minimum Gasteiger partial charge on any atom is -0.466 e. The summed E-state index contributed by atoms with van der Waals surface area (Å²) in [7, 11) is 0. The molecule has 1 aliphatic carbocycles. The van der Waals surface area contributed by atoms with Crippen molar-refractivity contribution in [2.24, 2.45) is 5.41 Å². The van der Waals surface area contributed by atoms with Gasteiger partial charge in [-0.05, 0) is 26.2 Å². The van der Waals surface area contributed by atoms with Gasteiger partial charge < -0.3 is 9.57 Å². The Morgan fingerprint density at radius 1 is 1.15 bits per heavy atom. The van der Waals surface area contributed by atoms with Gasteiger partial charge in [-0.25, -0.2) is 4.79 Å². The van der Waals surface area contributed by atoms with Crippen molar-refractivity contribution in [3.8, 4) is 0 Å². The van der Waals surface area contributed by atoms with E-state index in [4.69, 9.17) is 9.57 Å². The van der Waals surface area contributed by atoms with Crippen LogP contribution in [-0.2, 0) is 19.2 Å². The van der Waals surface area contributed by atoms with Crippen molar-refractivity contribution in [1.82, 2.24) is 5.48 Å². The quantitative estimate of drug-likeness (QED) is 0.445. The fourth-order valence-electron chi connectivity index (χ4n) is 2.54. The summed E-state index contributed by atoms with van der Waals surface area (Å²) in [6.07, 6.45) is 6.21. The Morgan fingerprint density at radius 3 is 2.35 bits per heavy atom. The van der Waals surface area contributed by atoms with Crippen LogP contribution < -0.4 is 5.48 Å². The molecule has 5 nitrogen and oxygen atoms in total. The minimum atomic E-state index is -0.324.